The Morgan fingerprint density at radius 1 is 1.19 bits per heavy atom. The van der Waals surface area contributed by atoms with Crippen LogP contribution >= 0.6 is 0 Å². The molecule has 1 saturated heterocycles. The first-order valence-corrected chi connectivity index (χ1v) is 13.9. The number of likely N-dealkylation sites (tertiary alicyclic amines) is 1. The molecule has 0 aromatic heterocycles. The molecule has 6 nitrogen and oxygen atoms in total. The summed E-state index contributed by atoms with van der Waals surface area (Å²) >= 11 is 0. The van der Waals surface area contributed by atoms with E-state index < -0.39 is 6.10 Å². The zero-order valence-electron chi connectivity index (χ0n) is 21.7. The third kappa shape index (κ3) is 2.47. The number of esters is 1. The van der Waals surface area contributed by atoms with Crippen molar-refractivity contribution in [3.63, 3.8) is 0 Å². The minimum Gasteiger partial charge on any atom is -0.497 e. The van der Waals surface area contributed by atoms with Gasteiger partial charge in [0.05, 0.1) is 24.9 Å². The van der Waals surface area contributed by atoms with Crippen molar-refractivity contribution in [3.05, 3.63) is 42.0 Å². The smallest absolute Gasteiger partial charge is 0.338 e. The summed E-state index contributed by atoms with van der Waals surface area (Å²) in [6, 6.07) is 7.31. The number of piperidine rings is 1. The highest BCUT2D eigenvalue weighted by molar-refractivity contribution is 5.89. The maximum Gasteiger partial charge on any atom is 0.338 e. The van der Waals surface area contributed by atoms with Crippen molar-refractivity contribution in [1.29, 1.82) is 0 Å². The number of aliphatic hydroxyl groups excluding tert-OH is 2. The van der Waals surface area contributed by atoms with Crippen molar-refractivity contribution in [2.45, 2.75) is 70.3 Å². The number of carbonyl (C=O) groups excluding carboxylic acids is 1. The number of fused-ring (bicyclic) bond motifs is 1. The lowest BCUT2D eigenvalue weighted by Crippen LogP contribution is -2.68. The van der Waals surface area contributed by atoms with Gasteiger partial charge < -0.3 is 19.7 Å². The molecular formula is C30H39NO5. The summed E-state index contributed by atoms with van der Waals surface area (Å²) in [5, 5.41) is 23.7. The zero-order chi connectivity index (χ0) is 25.2. The second-order valence-electron chi connectivity index (χ2n) is 13.0. The Bertz CT molecular complexity index is 1120. The van der Waals surface area contributed by atoms with E-state index in [4.69, 9.17) is 9.47 Å². The van der Waals surface area contributed by atoms with Crippen molar-refractivity contribution >= 4 is 5.97 Å². The predicted molar refractivity (Wildman–Crippen MR) is 134 cm³/mol. The third-order valence-electron chi connectivity index (χ3n) is 12.1. The molecule has 36 heavy (non-hydrogen) atoms. The second-order valence-corrected chi connectivity index (χ2v) is 13.0. The van der Waals surface area contributed by atoms with E-state index in [1.165, 1.54) is 0 Å². The lowest BCUT2D eigenvalue weighted by molar-refractivity contribution is -0.218. The molecule has 1 aromatic rings. The first-order valence-electron chi connectivity index (χ1n) is 13.9. The summed E-state index contributed by atoms with van der Waals surface area (Å²) in [6.07, 6.45) is 3.21. The van der Waals surface area contributed by atoms with E-state index in [2.05, 4.69) is 25.3 Å². The first-order chi connectivity index (χ1) is 17.2. The van der Waals surface area contributed by atoms with Crippen LogP contribution in [0.25, 0.3) is 0 Å². The summed E-state index contributed by atoms with van der Waals surface area (Å²) in [7, 11) is 1.60. The number of carbonyl (C=O) groups is 1. The van der Waals surface area contributed by atoms with Crippen molar-refractivity contribution in [2.75, 3.05) is 20.2 Å². The molecule has 6 heteroatoms. The van der Waals surface area contributed by atoms with Crippen LogP contribution in [-0.4, -0.2) is 65.6 Å². The van der Waals surface area contributed by atoms with Crippen LogP contribution in [0.15, 0.2) is 36.4 Å². The van der Waals surface area contributed by atoms with E-state index in [9.17, 15) is 15.0 Å². The molecule has 6 aliphatic rings. The van der Waals surface area contributed by atoms with Gasteiger partial charge in [0, 0.05) is 29.3 Å². The Morgan fingerprint density at radius 2 is 1.94 bits per heavy atom. The number of hydrogen-bond donors (Lipinski definition) is 2. The molecule has 11 atom stereocenters. The topological polar surface area (TPSA) is 79.2 Å². The van der Waals surface area contributed by atoms with Crippen LogP contribution in [0.4, 0.5) is 0 Å². The third-order valence-corrected chi connectivity index (χ3v) is 12.1. The largest absolute Gasteiger partial charge is 0.497 e. The summed E-state index contributed by atoms with van der Waals surface area (Å²) < 4.78 is 11.5. The van der Waals surface area contributed by atoms with E-state index >= 15 is 0 Å². The van der Waals surface area contributed by atoms with Gasteiger partial charge in [-0.3, -0.25) is 4.90 Å². The quantitative estimate of drug-likeness (QED) is 0.492. The van der Waals surface area contributed by atoms with Gasteiger partial charge >= 0.3 is 5.97 Å². The Kier molecular flexibility index (Phi) is 4.75. The number of methoxy groups -OCH3 is 1. The summed E-state index contributed by atoms with van der Waals surface area (Å²) in [5.41, 5.74) is 1.02. The van der Waals surface area contributed by atoms with E-state index in [1.807, 2.05) is 0 Å². The summed E-state index contributed by atoms with van der Waals surface area (Å²) in [4.78, 5) is 15.9. The molecule has 6 fully saturated rings. The number of aliphatic hydroxyl groups is 2. The highest BCUT2D eigenvalue weighted by Crippen LogP contribution is 2.83. The van der Waals surface area contributed by atoms with E-state index in [0.717, 1.165) is 44.3 Å². The van der Waals surface area contributed by atoms with E-state index in [1.54, 1.807) is 31.4 Å². The van der Waals surface area contributed by atoms with Gasteiger partial charge in [-0.05, 0) is 91.7 Å². The maximum absolute atomic E-state index is 13.2. The van der Waals surface area contributed by atoms with Gasteiger partial charge in [0.1, 0.15) is 11.9 Å². The SMILES string of the molecule is C=C1[C@@H](O)[C@]23C[C@@H]1[C@@H](OC(=O)c1ccc(OC)cc1)C[C@H]2[C@@]12C4C3C[C@@H]1[C@@](C)(CC[C@H]2O)CN4CC. The van der Waals surface area contributed by atoms with Gasteiger partial charge in [-0.2, -0.15) is 0 Å². The van der Waals surface area contributed by atoms with Gasteiger partial charge in [-0.25, -0.2) is 4.79 Å². The molecule has 194 valence electrons. The van der Waals surface area contributed by atoms with Crippen LogP contribution in [0.2, 0.25) is 0 Å². The molecule has 0 amide bonds. The van der Waals surface area contributed by atoms with Crippen LogP contribution in [0, 0.1) is 39.9 Å². The molecule has 2 N–H and O–H groups in total. The molecule has 7 rings (SSSR count). The Morgan fingerprint density at radius 3 is 2.64 bits per heavy atom. The standard InChI is InChI=1S/C30H39NO5/c1-5-31-15-28(3)11-10-24(32)30-22(28)12-20(25(30)31)29-14-19(16(2)26(29)33)21(13-23(29)30)36-27(34)17-6-8-18(35-4)9-7-17/h6-9,19-26,32-33H,2,5,10-15H2,1,3-4H3/t19-,20?,21-,22+,23+,24+,25?,26+,28-,29-,30-/m0/s1. The predicted octanol–water partition coefficient (Wildman–Crippen LogP) is 3.67. The molecular weight excluding hydrogens is 454 g/mol. The molecule has 1 aromatic carbocycles. The minimum atomic E-state index is -0.595. The van der Waals surface area contributed by atoms with Crippen molar-refractivity contribution in [1.82, 2.24) is 4.90 Å². The summed E-state index contributed by atoms with van der Waals surface area (Å²) in [6.45, 7) is 11.1. The molecule has 2 spiro atoms. The Hall–Kier alpha value is -1.89. The Labute approximate surface area is 213 Å². The van der Waals surface area contributed by atoms with Gasteiger partial charge in [0.2, 0.25) is 0 Å². The zero-order valence-corrected chi connectivity index (χ0v) is 21.7. The molecule has 1 aliphatic heterocycles. The number of ether oxygens (including phenoxy) is 2. The Balaban J connectivity index is 1.29. The average Bonchev–Trinajstić information content (AvgIpc) is 3.41. The summed E-state index contributed by atoms with van der Waals surface area (Å²) in [5.74, 6) is 1.27. The molecule has 5 saturated carbocycles. The van der Waals surface area contributed by atoms with Crippen molar-refractivity contribution in [2.24, 2.45) is 39.9 Å². The maximum atomic E-state index is 13.2. The number of hydrogen-bond acceptors (Lipinski definition) is 6. The van der Waals surface area contributed by atoms with E-state index in [0.29, 0.717) is 29.6 Å². The minimum absolute atomic E-state index is 0.0313. The number of rotatable bonds is 4. The fourth-order valence-electron chi connectivity index (χ4n) is 11.0. The van der Waals surface area contributed by atoms with Crippen LogP contribution in [-0.2, 0) is 4.74 Å². The highest BCUT2D eigenvalue weighted by Gasteiger charge is 2.85. The number of nitrogens with zero attached hydrogens (tertiary/aromatic N) is 1. The molecule has 2 unspecified atom stereocenters. The first kappa shape index (κ1) is 23.2. The second kappa shape index (κ2) is 7.36. The monoisotopic (exact) mass is 493 g/mol. The molecule has 7 bridgehead atoms. The highest BCUT2D eigenvalue weighted by atomic mass is 16.5. The normalized spacial score (nSPS) is 50.2. The molecule has 5 aliphatic carbocycles. The lowest BCUT2D eigenvalue weighted by Gasteiger charge is -2.65. The lowest BCUT2D eigenvalue weighted by atomic mass is 9.43. The molecule has 0 radical (unpaired) electrons. The van der Waals surface area contributed by atoms with Crippen LogP contribution < -0.4 is 4.74 Å². The van der Waals surface area contributed by atoms with Gasteiger partial charge in [0.15, 0.2) is 0 Å². The van der Waals surface area contributed by atoms with Crippen LogP contribution in [0.1, 0.15) is 56.3 Å². The van der Waals surface area contributed by atoms with E-state index in [-0.39, 0.29) is 52.3 Å². The van der Waals surface area contributed by atoms with Crippen LogP contribution in [0.3, 0.4) is 0 Å². The fraction of sp³-hybridized carbons (Fsp3) is 0.700. The van der Waals surface area contributed by atoms with Crippen molar-refractivity contribution < 1.29 is 24.5 Å². The van der Waals surface area contributed by atoms with Crippen LogP contribution in [0.5, 0.6) is 5.75 Å². The fourth-order valence-corrected chi connectivity index (χ4v) is 11.0. The average molecular weight is 494 g/mol. The van der Waals surface area contributed by atoms with Gasteiger partial charge in [0.25, 0.3) is 0 Å². The van der Waals surface area contributed by atoms with Gasteiger partial charge in [-0.15, -0.1) is 0 Å². The van der Waals surface area contributed by atoms with Gasteiger partial charge in [-0.1, -0.05) is 20.4 Å². The molecule has 1 heterocycles. The van der Waals surface area contributed by atoms with Crippen molar-refractivity contribution in [3.8, 4) is 5.75 Å². The number of benzene rings is 1.